The molecule has 1 saturated heterocycles. The molecule has 1 aliphatic heterocycles. The van der Waals surface area contributed by atoms with E-state index in [1.54, 1.807) is 0 Å². The highest BCUT2D eigenvalue weighted by atomic mass is 127. The van der Waals surface area contributed by atoms with Gasteiger partial charge in [-0.1, -0.05) is 67.6 Å². The largest absolute Gasteiger partial charge is 0.376 e. The molecule has 0 aromatic heterocycles. The number of ether oxygens (including phenoxy) is 1. The summed E-state index contributed by atoms with van der Waals surface area (Å²) in [4.78, 5) is 6.84. The number of nitrogens with zero attached hydrogens (tertiary/aromatic N) is 2. The molecule has 28 heavy (non-hydrogen) atoms. The van der Waals surface area contributed by atoms with Crippen LogP contribution in [0.2, 0.25) is 0 Å². The van der Waals surface area contributed by atoms with Crippen LogP contribution in [0.5, 0.6) is 0 Å². The number of aliphatic imine (C=N–C) groups is 1. The Morgan fingerprint density at radius 3 is 2.50 bits per heavy atom. The third-order valence-electron chi connectivity index (χ3n) is 5.20. The SMILES string of the molecule is CN=C(NCC(C)c1ccccc1)N1CCC(COCc2ccccc2)C1.I. The molecule has 2 unspecified atom stereocenters. The Morgan fingerprint density at radius 1 is 1.14 bits per heavy atom. The minimum atomic E-state index is 0. The van der Waals surface area contributed by atoms with Gasteiger partial charge in [0.2, 0.25) is 0 Å². The third-order valence-corrected chi connectivity index (χ3v) is 5.20. The molecule has 152 valence electrons. The van der Waals surface area contributed by atoms with Crippen LogP contribution < -0.4 is 5.32 Å². The van der Waals surface area contributed by atoms with E-state index in [0.717, 1.165) is 38.6 Å². The van der Waals surface area contributed by atoms with Gasteiger partial charge in [0.05, 0.1) is 13.2 Å². The standard InChI is InChI=1S/C23H31N3O.HI/c1-19(22-11-7-4-8-12-22)15-25-23(24-2)26-14-13-21(16-26)18-27-17-20-9-5-3-6-10-20;/h3-12,19,21H,13-18H2,1-2H3,(H,24,25);1H. The summed E-state index contributed by atoms with van der Waals surface area (Å²) in [6.45, 7) is 6.69. The van der Waals surface area contributed by atoms with Gasteiger partial charge in [-0.05, 0) is 23.5 Å². The van der Waals surface area contributed by atoms with Crippen molar-refractivity contribution in [2.45, 2.75) is 25.9 Å². The summed E-state index contributed by atoms with van der Waals surface area (Å²) in [7, 11) is 1.87. The number of nitrogens with one attached hydrogen (secondary N) is 1. The van der Waals surface area contributed by atoms with Gasteiger partial charge in [-0.15, -0.1) is 24.0 Å². The minimum Gasteiger partial charge on any atom is -0.376 e. The Hall–Kier alpha value is -1.60. The summed E-state index contributed by atoms with van der Waals surface area (Å²) in [5.74, 6) is 2.03. The number of hydrogen-bond donors (Lipinski definition) is 1. The molecule has 2 aromatic carbocycles. The lowest BCUT2D eigenvalue weighted by molar-refractivity contribution is 0.0906. The first-order valence-corrected chi connectivity index (χ1v) is 9.88. The molecule has 2 aromatic rings. The molecule has 3 rings (SSSR count). The van der Waals surface area contributed by atoms with Crippen LogP contribution >= 0.6 is 24.0 Å². The average molecular weight is 493 g/mol. The Morgan fingerprint density at radius 2 is 1.82 bits per heavy atom. The van der Waals surface area contributed by atoms with Crippen LogP contribution in [0, 0.1) is 5.92 Å². The zero-order valence-corrected chi connectivity index (χ0v) is 19.2. The smallest absolute Gasteiger partial charge is 0.193 e. The highest BCUT2D eigenvalue weighted by Crippen LogP contribution is 2.18. The number of halogens is 1. The van der Waals surface area contributed by atoms with Gasteiger partial charge in [0.1, 0.15) is 0 Å². The molecular formula is C23H32IN3O. The van der Waals surface area contributed by atoms with Crippen LogP contribution in [-0.2, 0) is 11.3 Å². The van der Waals surface area contributed by atoms with Crippen LogP contribution in [0.4, 0.5) is 0 Å². The van der Waals surface area contributed by atoms with Crippen LogP contribution in [-0.4, -0.2) is 44.1 Å². The maximum atomic E-state index is 5.93. The van der Waals surface area contributed by atoms with E-state index < -0.39 is 0 Å². The van der Waals surface area contributed by atoms with Crippen molar-refractivity contribution in [3.63, 3.8) is 0 Å². The van der Waals surface area contributed by atoms with Gasteiger partial charge in [0.25, 0.3) is 0 Å². The summed E-state index contributed by atoms with van der Waals surface area (Å²) < 4.78 is 5.93. The number of benzene rings is 2. The molecule has 0 spiro atoms. The summed E-state index contributed by atoms with van der Waals surface area (Å²) in [6, 6.07) is 21.0. The molecule has 1 aliphatic rings. The van der Waals surface area contributed by atoms with Crippen LogP contribution in [0.15, 0.2) is 65.7 Å². The quantitative estimate of drug-likeness (QED) is 0.350. The van der Waals surface area contributed by atoms with Gasteiger partial charge in [-0.25, -0.2) is 0 Å². The summed E-state index contributed by atoms with van der Waals surface area (Å²) >= 11 is 0. The van der Waals surface area contributed by atoms with Crippen molar-refractivity contribution in [2.75, 3.05) is 33.3 Å². The topological polar surface area (TPSA) is 36.9 Å². The highest BCUT2D eigenvalue weighted by molar-refractivity contribution is 14.0. The van der Waals surface area contributed by atoms with Gasteiger partial charge >= 0.3 is 0 Å². The highest BCUT2D eigenvalue weighted by Gasteiger charge is 2.25. The van der Waals surface area contributed by atoms with E-state index in [0.29, 0.717) is 18.4 Å². The predicted molar refractivity (Wildman–Crippen MR) is 127 cm³/mol. The van der Waals surface area contributed by atoms with E-state index in [1.807, 2.05) is 13.1 Å². The third kappa shape index (κ3) is 6.78. The number of guanidine groups is 1. The maximum Gasteiger partial charge on any atom is 0.193 e. The average Bonchev–Trinajstić information content (AvgIpc) is 3.18. The molecule has 1 heterocycles. The number of rotatable bonds is 7. The Balaban J connectivity index is 0.00000280. The lowest BCUT2D eigenvalue weighted by Gasteiger charge is -2.23. The summed E-state index contributed by atoms with van der Waals surface area (Å²) in [5, 5.41) is 3.55. The van der Waals surface area contributed by atoms with Crippen molar-refractivity contribution >= 4 is 29.9 Å². The zero-order chi connectivity index (χ0) is 18.9. The second-order valence-corrected chi connectivity index (χ2v) is 7.34. The van der Waals surface area contributed by atoms with Crippen molar-refractivity contribution in [1.29, 1.82) is 0 Å². The molecule has 1 fully saturated rings. The van der Waals surface area contributed by atoms with Crippen LogP contribution in [0.3, 0.4) is 0 Å². The van der Waals surface area contributed by atoms with E-state index in [4.69, 9.17) is 4.74 Å². The first kappa shape index (κ1) is 22.7. The van der Waals surface area contributed by atoms with Crippen LogP contribution in [0.1, 0.15) is 30.4 Å². The monoisotopic (exact) mass is 493 g/mol. The Kier molecular flexibility index (Phi) is 9.78. The number of likely N-dealkylation sites (tertiary alicyclic amines) is 1. The zero-order valence-electron chi connectivity index (χ0n) is 16.9. The van der Waals surface area contributed by atoms with Crippen molar-refractivity contribution in [1.82, 2.24) is 10.2 Å². The lowest BCUT2D eigenvalue weighted by Crippen LogP contribution is -2.41. The molecule has 0 amide bonds. The van der Waals surface area contributed by atoms with Crippen LogP contribution in [0.25, 0.3) is 0 Å². The van der Waals surface area contributed by atoms with E-state index in [9.17, 15) is 0 Å². The van der Waals surface area contributed by atoms with E-state index in [1.165, 1.54) is 11.1 Å². The second-order valence-electron chi connectivity index (χ2n) is 7.34. The fourth-order valence-corrected chi connectivity index (χ4v) is 3.55. The summed E-state index contributed by atoms with van der Waals surface area (Å²) in [5.41, 5.74) is 2.59. The van der Waals surface area contributed by atoms with Gasteiger partial charge < -0.3 is 15.0 Å². The minimum absolute atomic E-state index is 0. The van der Waals surface area contributed by atoms with E-state index >= 15 is 0 Å². The summed E-state index contributed by atoms with van der Waals surface area (Å²) in [6.07, 6.45) is 1.16. The maximum absolute atomic E-state index is 5.93. The Labute approximate surface area is 186 Å². The molecule has 0 bridgehead atoms. The molecule has 5 heteroatoms. The lowest BCUT2D eigenvalue weighted by atomic mass is 10.0. The Bertz CT molecular complexity index is 708. The number of hydrogen-bond acceptors (Lipinski definition) is 2. The first-order chi connectivity index (χ1) is 13.3. The van der Waals surface area contributed by atoms with Crippen molar-refractivity contribution in [2.24, 2.45) is 10.9 Å². The second kappa shape index (κ2) is 12.1. The fraction of sp³-hybridized carbons (Fsp3) is 0.435. The predicted octanol–water partition coefficient (Wildman–Crippen LogP) is 4.52. The van der Waals surface area contributed by atoms with E-state index in [-0.39, 0.29) is 24.0 Å². The molecule has 0 radical (unpaired) electrons. The molecule has 2 atom stereocenters. The van der Waals surface area contributed by atoms with Gasteiger partial charge in [0, 0.05) is 32.6 Å². The van der Waals surface area contributed by atoms with Crippen molar-refractivity contribution in [3.05, 3.63) is 71.8 Å². The van der Waals surface area contributed by atoms with Gasteiger partial charge in [-0.2, -0.15) is 0 Å². The van der Waals surface area contributed by atoms with E-state index in [2.05, 4.69) is 76.7 Å². The first-order valence-electron chi connectivity index (χ1n) is 9.88. The van der Waals surface area contributed by atoms with Crippen molar-refractivity contribution < 1.29 is 4.74 Å². The molecule has 1 N–H and O–H groups in total. The molecule has 4 nitrogen and oxygen atoms in total. The van der Waals surface area contributed by atoms with Crippen molar-refractivity contribution in [3.8, 4) is 0 Å². The molecule has 0 aliphatic carbocycles. The normalized spacial score (nSPS) is 17.9. The van der Waals surface area contributed by atoms with Gasteiger partial charge in [-0.3, -0.25) is 4.99 Å². The molecular weight excluding hydrogens is 461 g/mol. The fourth-order valence-electron chi connectivity index (χ4n) is 3.55. The molecule has 0 saturated carbocycles. The van der Waals surface area contributed by atoms with Gasteiger partial charge in [0.15, 0.2) is 5.96 Å².